The standard InChI is InChI=1S/C17H14ClFN4O3/c1-7-12(8(2)22(3)20-7)14-13-15(26-21-14)17(25)23(16(13)24)9-4-5-11(19)10(18)6-9/h4-6,13,15H,1-3H3/t13-,15+/m0/s1. The van der Waals surface area contributed by atoms with Crippen molar-refractivity contribution in [2.24, 2.45) is 18.1 Å². The quantitative estimate of drug-likeness (QED) is 0.752. The Kier molecular flexibility index (Phi) is 3.62. The number of carbonyl (C=O) groups is 2. The van der Waals surface area contributed by atoms with Crippen LogP contribution in [0.1, 0.15) is 17.0 Å². The van der Waals surface area contributed by atoms with Crippen molar-refractivity contribution in [3.8, 4) is 0 Å². The minimum Gasteiger partial charge on any atom is -0.381 e. The highest BCUT2D eigenvalue weighted by Crippen LogP contribution is 2.37. The lowest BCUT2D eigenvalue weighted by atomic mass is 9.93. The van der Waals surface area contributed by atoms with Gasteiger partial charge < -0.3 is 4.84 Å². The number of halogens is 2. The van der Waals surface area contributed by atoms with Gasteiger partial charge in [0.2, 0.25) is 12.0 Å². The number of rotatable bonds is 2. The van der Waals surface area contributed by atoms with Gasteiger partial charge >= 0.3 is 0 Å². The number of benzene rings is 1. The molecule has 1 saturated heterocycles. The highest BCUT2D eigenvalue weighted by Gasteiger charge is 2.56. The zero-order valence-electron chi connectivity index (χ0n) is 14.2. The van der Waals surface area contributed by atoms with Crippen molar-refractivity contribution in [1.29, 1.82) is 0 Å². The summed E-state index contributed by atoms with van der Waals surface area (Å²) in [4.78, 5) is 31.9. The first-order valence-corrected chi connectivity index (χ1v) is 8.26. The van der Waals surface area contributed by atoms with E-state index in [0.717, 1.165) is 16.7 Å². The molecule has 7 nitrogen and oxygen atoms in total. The van der Waals surface area contributed by atoms with Gasteiger partial charge in [0.15, 0.2) is 0 Å². The molecule has 1 aromatic heterocycles. The molecule has 3 heterocycles. The van der Waals surface area contributed by atoms with Crippen LogP contribution < -0.4 is 4.90 Å². The Morgan fingerprint density at radius 3 is 2.58 bits per heavy atom. The molecule has 1 fully saturated rings. The van der Waals surface area contributed by atoms with E-state index in [1.54, 1.807) is 18.7 Å². The van der Waals surface area contributed by atoms with Gasteiger partial charge in [-0.2, -0.15) is 5.10 Å². The number of hydrogen-bond donors (Lipinski definition) is 0. The van der Waals surface area contributed by atoms with Gasteiger partial charge in [-0.1, -0.05) is 16.8 Å². The largest absolute Gasteiger partial charge is 0.381 e. The fourth-order valence-corrected chi connectivity index (χ4v) is 3.58. The highest BCUT2D eigenvalue weighted by atomic mass is 35.5. The number of imide groups is 1. The third-order valence-corrected chi connectivity index (χ3v) is 5.03. The van der Waals surface area contributed by atoms with Gasteiger partial charge in [-0.15, -0.1) is 0 Å². The van der Waals surface area contributed by atoms with Gasteiger partial charge in [-0.3, -0.25) is 14.3 Å². The van der Waals surface area contributed by atoms with Crippen LogP contribution in [0.15, 0.2) is 23.4 Å². The second kappa shape index (κ2) is 5.63. The second-order valence-corrected chi connectivity index (χ2v) is 6.67. The summed E-state index contributed by atoms with van der Waals surface area (Å²) in [6.07, 6.45) is -1.04. The van der Waals surface area contributed by atoms with Crippen molar-refractivity contribution in [2.45, 2.75) is 20.0 Å². The molecule has 2 atom stereocenters. The molecular weight excluding hydrogens is 363 g/mol. The van der Waals surface area contributed by atoms with Crippen LogP contribution in [0.4, 0.5) is 10.1 Å². The molecule has 9 heteroatoms. The molecule has 26 heavy (non-hydrogen) atoms. The summed E-state index contributed by atoms with van der Waals surface area (Å²) < 4.78 is 15.1. The number of aryl methyl sites for hydroxylation is 2. The third kappa shape index (κ3) is 2.18. The van der Waals surface area contributed by atoms with E-state index < -0.39 is 29.7 Å². The van der Waals surface area contributed by atoms with Crippen LogP contribution in [0.25, 0.3) is 0 Å². The Morgan fingerprint density at radius 1 is 1.23 bits per heavy atom. The minimum atomic E-state index is -1.04. The number of oxime groups is 1. The summed E-state index contributed by atoms with van der Waals surface area (Å²) in [5.74, 6) is -2.54. The molecule has 2 aliphatic rings. The molecule has 0 bridgehead atoms. The maximum absolute atomic E-state index is 13.4. The second-order valence-electron chi connectivity index (χ2n) is 6.26. The van der Waals surface area contributed by atoms with Crippen LogP contribution in [-0.2, 0) is 21.5 Å². The molecule has 2 aliphatic heterocycles. The van der Waals surface area contributed by atoms with E-state index in [0.29, 0.717) is 17.0 Å². The summed E-state index contributed by atoms with van der Waals surface area (Å²) in [6.45, 7) is 3.65. The van der Waals surface area contributed by atoms with E-state index in [1.807, 2.05) is 6.92 Å². The van der Waals surface area contributed by atoms with Crippen molar-refractivity contribution >= 4 is 34.8 Å². The van der Waals surface area contributed by atoms with Crippen LogP contribution in [0.3, 0.4) is 0 Å². The molecule has 0 saturated carbocycles. The van der Waals surface area contributed by atoms with Crippen LogP contribution in [0, 0.1) is 25.6 Å². The van der Waals surface area contributed by atoms with Crippen molar-refractivity contribution in [3.05, 3.63) is 46.0 Å². The fourth-order valence-electron chi connectivity index (χ4n) is 3.41. The Bertz CT molecular complexity index is 1000. The number of fused-ring (bicyclic) bond motifs is 1. The summed E-state index contributed by atoms with van der Waals surface area (Å²) in [6, 6.07) is 3.68. The average molecular weight is 377 g/mol. The van der Waals surface area contributed by atoms with Crippen LogP contribution in [-0.4, -0.2) is 33.4 Å². The van der Waals surface area contributed by atoms with Crippen LogP contribution in [0.2, 0.25) is 5.02 Å². The van der Waals surface area contributed by atoms with Gasteiger partial charge in [0.1, 0.15) is 17.4 Å². The van der Waals surface area contributed by atoms with Crippen molar-refractivity contribution < 1.29 is 18.8 Å². The molecule has 2 aromatic rings. The average Bonchev–Trinajstić information content (AvgIpc) is 3.19. The first-order chi connectivity index (χ1) is 12.3. The third-order valence-electron chi connectivity index (χ3n) is 4.74. The van der Waals surface area contributed by atoms with E-state index in [9.17, 15) is 14.0 Å². The minimum absolute atomic E-state index is 0.172. The van der Waals surface area contributed by atoms with Gasteiger partial charge in [0.05, 0.1) is 16.4 Å². The molecule has 0 radical (unpaired) electrons. The van der Waals surface area contributed by atoms with Crippen LogP contribution in [0.5, 0.6) is 0 Å². The van der Waals surface area contributed by atoms with Crippen molar-refractivity contribution in [3.63, 3.8) is 0 Å². The zero-order chi connectivity index (χ0) is 18.7. The van der Waals surface area contributed by atoms with E-state index in [1.165, 1.54) is 12.1 Å². The normalized spacial score (nSPS) is 21.9. The maximum Gasteiger partial charge on any atom is 0.278 e. The molecule has 2 amide bonds. The van der Waals surface area contributed by atoms with E-state index in [-0.39, 0.29) is 10.7 Å². The van der Waals surface area contributed by atoms with Gasteiger partial charge in [0, 0.05) is 18.3 Å². The Labute approximate surface area is 153 Å². The molecular formula is C17H14ClFN4O3. The first-order valence-electron chi connectivity index (χ1n) is 7.88. The highest BCUT2D eigenvalue weighted by molar-refractivity contribution is 6.34. The first kappa shape index (κ1) is 16.7. The summed E-state index contributed by atoms with van der Waals surface area (Å²) in [7, 11) is 1.79. The van der Waals surface area contributed by atoms with E-state index in [4.69, 9.17) is 16.4 Å². The molecule has 134 valence electrons. The molecule has 0 spiro atoms. The number of anilines is 1. The summed E-state index contributed by atoms with van der Waals surface area (Å²) >= 11 is 5.79. The van der Waals surface area contributed by atoms with Crippen molar-refractivity contribution in [2.75, 3.05) is 4.90 Å². The lowest BCUT2D eigenvalue weighted by molar-refractivity contribution is -0.126. The van der Waals surface area contributed by atoms with E-state index in [2.05, 4.69) is 10.3 Å². The fraction of sp³-hybridized carbons (Fsp3) is 0.294. The molecule has 1 aromatic carbocycles. The molecule has 4 rings (SSSR count). The topological polar surface area (TPSA) is 76.8 Å². The molecule has 0 unspecified atom stereocenters. The van der Waals surface area contributed by atoms with Crippen LogP contribution >= 0.6 is 11.6 Å². The predicted molar refractivity (Wildman–Crippen MR) is 91.5 cm³/mol. The van der Waals surface area contributed by atoms with E-state index >= 15 is 0 Å². The summed E-state index contributed by atoms with van der Waals surface area (Å²) in [5.41, 5.74) is 2.78. The number of aromatic nitrogens is 2. The number of hydrogen-bond acceptors (Lipinski definition) is 5. The van der Waals surface area contributed by atoms with Gasteiger partial charge in [-0.05, 0) is 32.0 Å². The smallest absolute Gasteiger partial charge is 0.278 e. The summed E-state index contributed by atoms with van der Waals surface area (Å²) in [5, 5.41) is 8.15. The Morgan fingerprint density at radius 2 is 1.96 bits per heavy atom. The lowest BCUT2D eigenvalue weighted by Crippen LogP contribution is -2.33. The molecule has 0 aliphatic carbocycles. The zero-order valence-corrected chi connectivity index (χ0v) is 14.9. The monoisotopic (exact) mass is 376 g/mol. The molecule has 0 N–H and O–H groups in total. The van der Waals surface area contributed by atoms with Gasteiger partial charge in [0.25, 0.3) is 5.91 Å². The predicted octanol–water partition coefficient (Wildman–Crippen LogP) is 2.12. The lowest BCUT2D eigenvalue weighted by Gasteiger charge is -2.15. The SMILES string of the molecule is Cc1nn(C)c(C)c1C1=NO[C@H]2C(=O)N(c3ccc(F)c(Cl)c3)C(=O)[C@@H]12. The Balaban J connectivity index is 1.75. The number of amides is 2. The number of nitrogens with zero attached hydrogens (tertiary/aromatic N) is 4. The number of carbonyl (C=O) groups excluding carboxylic acids is 2. The Hall–Kier alpha value is -2.74. The maximum atomic E-state index is 13.4. The van der Waals surface area contributed by atoms with Crippen molar-refractivity contribution in [1.82, 2.24) is 9.78 Å². The van der Waals surface area contributed by atoms with Gasteiger partial charge in [-0.25, -0.2) is 9.29 Å².